The normalized spacial score (nSPS) is 10.4. The minimum atomic E-state index is 1.14. The van der Waals surface area contributed by atoms with Crippen molar-refractivity contribution in [2.75, 3.05) is 0 Å². The lowest BCUT2D eigenvalue weighted by atomic mass is 9.90. The lowest BCUT2D eigenvalue weighted by Gasteiger charge is -2.07. The van der Waals surface area contributed by atoms with Crippen molar-refractivity contribution in [3.05, 3.63) is 52.0 Å². The van der Waals surface area contributed by atoms with Crippen LogP contribution in [0.2, 0.25) is 0 Å². The van der Waals surface area contributed by atoms with Crippen LogP contribution in [0.3, 0.4) is 0 Å². The molecule has 16 heavy (non-hydrogen) atoms. The third kappa shape index (κ3) is 2.56. The second-order valence-corrected chi connectivity index (χ2v) is 5.31. The van der Waals surface area contributed by atoms with Gasteiger partial charge in [0.05, 0.1) is 0 Å². The van der Waals surface area contributed by atoms with Gasteiger partial charge in [-0.3, -0.25) is 0 Å². The Bertz CT molecular complexity index is 442. The van der Waals surface area contributed by atoms with Gasteiger partial charge in [0.2, 0.25) is 0 Å². The van der Waals surface area contributed by atoms with E-state index >= 15 is 0 Å². The highest BCUT2D eigenvalue weighted by Crippen LogP contribution is 2.24. The highest BCUT2D eigenvalue weighted by atomic mass is 79.9. The third-order valence-electron chi connectivity index (χ3n) is 2.60. The summed E-state index contributed by atoms with van der Waals surface area (Å²) in [5, 5.41) is 0. The fourth-order valence-electron chi connectivity index (χ4n) is 2.04. The summed E-state index contributed by atoms with van der Waals surface area (Å²) in [6.07, 6.45) is 0. The van der Waals surface area contributed by atoms with Gasteiger partial charge in [-0.15, -0.1) is 0 Å². The minimum Gasteiger partial charge on any atom is -0.0881 e. The molecule has 0 heterocycles. The Morgan fingerprint density at radius 2 is 1.38 bits per heavy atom. The topological polar surface area (TPSA) is 0 Å². The quantitative estimate of drug-likeness (QED) is 0.701. The van der Waals surface area contributed by atoms with Gasteiger partial charge in [-0.2, -0.15) is 0 Å². The molecule has 0 aliphatic rings. The van der Waals surface area contributed by atoms with Crippen molar-refractivity contribution in [2.24, 2.45) is 0 Å². The van der Waals surface area contributed by atoms with E-state index in [1.807, 2.05) is 0 Å². The van der Waals surface area contributed by atoms with E-state index in [1.54, 1.807) is 0 Å². The van der Waals surface area contributed by atoms with E-state index in [0.29, 0.717) is 0 Å². The van der Waals surface area contributed by atoms with E-state index in [-0.39, 0.29) is 0 Å². The second-order valence-electron chi connectivity index (χ2n) is 4.39. The molecule has 0 atom stereocenters. The molecular weight excluding hydrogens is 259 g/mol. The summed E-state index contributed by atoms with van der Waals surface area (Å²) in [4.78, 5) is 0. The lowest BCUT2D eigenvalue weighted by molar-refractivity contribution is 1.43. The van der Waals surface area contributed by atoms with Crippen LogP contribution >= 0.6 is 15.9 Å². The average molecular weight is 273 g/mol. The van der Waals surface area contributed by atoms with Crippen molar-refractivity contribution in [1.82, 2.24) is 0 Å². The van der Waals surface area contributed by atoms with E-state index in [0.717, 1.165) is 4.47 Å². The van der Waals surface area contributed by atoms with Crippen molar-refractivity contribution in [1.29, 1.82) is 0 Å². The molecule has 0 spiro atoms. The summed E-state index contributed by atoms with van der Waals surface area (Å²) in [7, 11) is 2.14. The Kier molecular flexibility index (Phi) is 3.20. The molecule has 0 N–H and O–H groups in total. The summed E-state index contributed by atoms with van der Waals surface area (Å²) in [6.45, 7) is 4.26. The number of benzene rings is 2. The number of hydrogen-bond acceptors (Lipinski definition) is 0. The second kappa shape index (κ2) is 4.46. The summed E-state index contributed by atoms with van der Waals surface area (Å²) in [5.74, 6) is 0. The van der Waals surface area contributed by atoms with E-state index in [4.69, 9.17) is 0 Å². The lowest BCUT2D eigenvalue weighted by Crippen LogP contribution is -2.02. The molecule has 0 bridgehead atoms. The van der Waals surface area contributed by atoms with E-state index in [9.17, 15) is 0 Å². The molecule has 0 aliphatic carbocycles. The van der Waals surface area contributed by atoms with Gasteiger partial charge in [0.1, 0.15) is 7.85 Å². The molecule has 0 saturated carbocycles. The van der Waals surface area contributed by atoms with Crippen LogP contribution in [0.1, 0.15) is 11.1 Å². The third-order valence-corrected chi connectivity index (χ3v) is 3.05. The number of rotatable bonds is 1. The maximum atomic E-state index is 3.55. The van der Waals surface area contributed by atoms with Crippen LogP contribution in [-0.4, -0.2) is 7.85 Å². The van der Waals surface area contributed by atoms with Crippen LogP contribution < -0.4 is 5.46 Å². The first kappa shape index (κ1) is 11.5. The summed E-state index contributed by atoms with van der Waals surface area (Å²) in [5.41, 5.74) is 6.48. The number of halogens is 1. The zero-order valence-electron chi connectivity index (χ0n) is 9.84. The van der Waals surface area contributed by atoms with Crippen LogP contribution in [0.15, 0.2) is 40.9 Å². The molecule has 80 valence electrons. The van der Waals surface area contributed by atoms with Gasteiger partial charge in [0.15, 0.2) is 0 Å². The average Bonchev–Trinajstić information content (AvgIpc) is 2.14. The maximum absolute atomic E-state index is 3.55. The van der Waals surface area contributed by atoms with Crippen LogP contribution in [0.25, 0.3) is 11.1 Å². The Balaban J connectivity index is 2.57. The van der Waals surface area contributed by atoms with Crippen molar-refractivity contribution >= 4 is 29.2 Å². The molecule has 0 nitrogen and oxygen atoms in total. The fourth-order valence-corrected chi connectivity index (χ4v) is 2.65. The van der Waals surface area contributed by atoms with Crippen LogP contribution in [0.4, 0.5) is 0 Å². The highest BCUT2D eigenvalue weighted by Gasteiger charge is 2.01. The monoisotopic (exact) mass is 272 g/mol. The maximum Gasteiger partial charge on any atom is 0.139 e. The van der Waals surface area contributed by atoms with Gasteiger partial charge in [-0.1, -0.05) is 51.2 Å². The summed E-state index contributed by atoms with van der Waals surface area (Å²) in [6, 6.07) is 13.2. The van der Waals surface area contributed by atoms with Gasteiger partial charge in [-0.05, 0) is 42.7 Å². The van der Waals surface area contributed by atoms with Crippen LogP contribution in [0, 0.1) is 13.8 Å². The molecule has 0 unspecified atom stereocenters. The first-order valence-corrected chi connectivity index (χ1v) is 6.20. The molecule has 0 fully saturated rings. The zero-order valence-corrected chi connectivity index (χ0v) is 11.4. The summed E-state index contributed by atoms with van der Waals surface area (Å²) < 4.78 is 1.14. The molecule has 2 aromatic carbocycles. The largest absolute Gasteiger partial charge is 0.139 e. The first-order chi connectivity index (χ1) is 7.54. The molecule has 2 heteroatoms. The predicted molar refractivity (Wildman–Crippen MR) is 77.2 cm³/mol. The molecule has 0 amide bonds. The fraction of sp³-hybridized carbons (Fsp3) is 0.143. The number of aryl methyl sites for hydroxylation is 2. The van der Waals surface area contributed by atoms with Gasteiger partial charge in [0.25, 0.3) is 0 Å². The van der Waals surface area contributed by atoms with Gasteiger partial charge >= 0.3 is 0 Å². The Morgan fingerprint density at radius 1 is 0.812 bits per heavy atom. The molecule has 0 saturated heterocycles. The van der Waals surface area contributed by atoms with Crippen molar-refractivity contribution < 1.29 is 0 Å². The van der Waals surface area contributed by atoms with Crippen LogP contribution in [-0.2, 0) is 0 Å². The van der Waals surface area contributed by atoms with Gasteiger partial charge in [0, 0.05) is 4.47 Å². The molecule has 0 aromatic heterocycles. The smallest absolute Gasteiger partial charge is 0.0881 e. The Morgan fingerprint density at radius 3 is 1.94 bits per heavy atom. The van der Waals surface area contributed by atoms with Crippen molar-refractivity contribution in [2.45, 2.75) is 13.8 Å². The molecule has 0 radical (unpaired) electrons. The Labute approximate surface area is 106 Å². The van der Waals surface area contributed by atoms with Gasteiger partial charge in [-0.25, -0.2) is 0 Å². The highest BCUT2D eigenvalue weighted by molar-refractivity contribution is 9.10. The van der Waals surface area contributed by atoms with Crippen molar-refractivity contribution in [3.8, 4) is 11.1 Å². The molecule has 0 aliphatic heterocycles. The standard InChI is InChI=1S/C14H14BBr/c1-9-3-11(7-13(15)5-9)12-4-10(2)6-14(16)8-12/h3-8H,15H2,1-2H3. The Hall–Kier alpha value is -1.02. The minimum absolute atomic E-state index is 1.14. The predicted octanol–water partition coefficient (Wildman–Crippen LogP) is 2.99. The van der Waals surface area contributed by atoms with Crippen molar-refractivity contribution in [3.63, 3.8) is 0 Å². The molecule has 2 rings (SSSR count). The molecule has 2 aromatic rings. The SMILES string of the molecule is Bc1cc(C)cc(-c2cc(C)cc(Br)c2)c1. The zero-order chi connectivity index (χ0) is 11.7. The number of hydrogen-bond donors (Lipinski definition) is 0. The van der Waals surface area contributed by atoms with Gasteiger partial charge < -0.3 is 0 Å². The van der Waals surface area contributed by atoms with E-state index in [1.165, 1.54) is 27.7 Å². The van der Waals surface area contributed by atoms with E-state index in [2.05, 4.69) is 74.0 Å². The van der Waals surface area contributed by atoms with E-state index < -0.39 is 0 Å². The van der Waals surface area contributed by atoms with Crippen LogP contribution in [0.5, 0.6) is 0 Å². The summed E-state index contributed by atoms with van der Waals surface area (Å²) >= 11 is 3.55. The molecular formula is C14H14BBr. The first-order valence-electron chi connectivity index (χ1n) is 5.40.